The van der Waals surface area contributed by atoms with E-state index in [1.54, 1.807) is 11.0 Å². The molecule has 2 heterocycles. The number of aryl methyl sites for hydroxylation is 1. The number of amides is 1. The van der Waals surface area contributed by atoms with Crippen LogP contribution in [0.4, 0.5) is 0 Å². The quantitative estimate of drug-likeness (QED) is 0.208. The van der Waals surface area contributed by atoms with Gasteiger partial charge in [0, 0.05) is 23.4 Å². The summed E-state index contributed by atoms with van der Waals surface area (Å²) < 4.78 is 8.18. The van der Waals surface area contributed by atoms with Crippen molar-refractivity contribution in [3.05, 3.63) is 83.4 Å². The standard InChI is InChI=1S/C27H27N3O2S2/c1-5-14-32-23-13-12-20(15-18(23)3)25-21(17-29(28-25)22-10-8-7-9-11-22)16-24-26(31)30(19(4)6-2)27(33)34-24/h5,7-13,15-17,19H,1,6,14H2,2-4H3. The van der Waals surface area contributed by atoms with Gasteiger partial charge < -0.3 is 4.74 Å². The highest BCUT2D eigenvalue weighted by molar-refractivity contribution is 8.26. The fourth-order valence-electron chi connectivity index (χ4n) is 3.72. The summed E-state index contributed by atoms with van der Waals surface area (Å²) in [5.41, 5.74) is 4.53. The lowest BCUT2D eigenvalue weighted by atomic mass is 10.0. The third-order valence-corrected chi connectivity index (χ3v) is 7.04. The highest BCUT2D eigenvalue weighted by atomic mass is 32.2. The van der Waals surface area contributed by atoms with Crippen molar-refractivity contribution in [1.82, 2.24) is 14.7 Å². The maximum atomic E-state index is 13.1. The Hall–Kier alpha value is -3.16. The predicted octanol–water partition coefficient (Wildman–Crippen LogP) is 6.41. The Morgan fingerprint density at radius 1 is 1.24 bits per heavy atom. The Kier molecular flexibility index (Phi) is 7.34. The second kappa shape index (κ2) is 10.4. The van der Waals surface area contributed by atoms with Gasteiger partial charge in [-0.3, -0.25) is 9.69 Å². The smallest absolute Gasteiger partial charge is 0.266 e. The molecule has 34 heavy (non-hydrogen) atoms. The first kappa shape index (κ1) is 24.0. The van der Waals surface area contributed by atoms with Crippen LogP contribution in [0.3, 0.4) is 0 Å². The van der Waals surface area contributed by atoms with Gasteiger partial charge in [-0.25, -0.2) is 4.68 Å². The zero-order valence-corrected chi connectivity index (χ0v) is 21.2. The number of thioether (sulfide) groups is 1. The summed E-state index contributed by atoms with van der Waals surface area (Å²) in [5.74, 6) is 0.759. The van der Waals surface area contributed by atoms with Crippen LogP contribution in [-0.4, -0.2) is 37.6 Å². The van der Waals surface area contributed by atoms with Crippen LogP contribution in [-0.2, 0) is 4.79 Å². The summed E-state index contributed by atoms with van der Waals surface area (Å²) in [5, 5.41) is 4.89. The van der Waals surface area contributed by atoms with Crippen molar-refractivity contribution in [3.8, 4) is 22.7 Å². The molecule has 0 radical (unpaired) electrons. The van der Waals surface area contributed by atoms with Gasteiger partial charge in [-0.2, -0.15) is 5.10 Å². The number of benzene rings is 2. The molecule has 1 fully saturated rings. The number of carbonyl (C=O) groups excluding carboxylic acids is 1. The lowest BCUT2D eigenvalue weighted by Gasteiger charge is -2.21. The fraction of sp³-hybridized carbons (Fsp3) is 0.222. The average Bonchev–Trinajstić information content (AvgIpc) is 3.39. The molecule has 174 valence electrons. The first-order valence-corrected chi connectivity index (χ1v) is 12.4. The summed E-state index contributed by atoms with van der Waals surface area (Å²) in [7, 11) is 0. The van der Waals surface area contributed by atoms with Gasteiger partial charge in [-0.15, -0.1) is 0 Å². The van der Waals surface area contributed by atoms with E-state index in [2.05, 4.69) is 19.6 Å². The van der Waals surface area contributed by atoms with E-state index < -0.39 is 0 Å². The first-order chi connectivity index (χ1) is 16.4. The third-order valence-electron chi connectivity index (χ3n) is 5.71. The van der Waals surface area contributed by atoms with Gasteiger partial charge in [0.05, 0.1) is 10.6 Å². The minimum Gasteiger partial charge on any atom is -0.489 e. The van der Waals surface area contributed by atoms with Gasteiger partial charge in [0.25, 0.3) is 5.91 Å². The number of ether oxygens (including phenoxy) is 1. The van der Waals surface area contributed by atoms with Gasteiger partial charge in [-0.1, -0.05) is 61.8 Å². The molecule has 0 N–H and O–H groups in total. The highest BCUT2D eigenvalue weighted by Crippen LogP contribution is 2.37. The molecule has 7 heteroatoms. The van der Waals surface area contributed by atoms with Crippen molar-refractivity contribution >= 4 is 40.3 Å². The summed E-state index contributed by atoms with van der Waals surface area (Å²) >= 11 is 6.86. The van der Waals surface area contributed by atoms with E-state index in [9.17, 15) is 4.79 Å². The molecule has 1 atom stereocenters. The zero-order valence-electron chi connectivity index (χ0n) is 19.5. The summed E-state index contributed by atoms with van der Waals surface area (Å²) in [6, 6.07) is 16.0. The van der Waals surface area contributed by atoms with Crippen molar-refractivity contribution in [3.63, 3.8) is 0 Å². The van der Waals surface area contributed by atoms with Crippen LogP contribution in [0, 0.1) is 6.92 Å². The van der Waals surface area contributed by atoms with Crippen molar-refractivity contribution in [2.75, 3.05) is 6.61 Å². The Morgan fingerprint density at radius 2 is 2.00 bits per heavy atom. The lowest BCUT2D eigenvalue weighted by Crippen LogP contribution is -2.36. The number of hydrogen-bond donors (Lipinski definition) is 0. The van der Waals surface area contributed by atoms with Gasteiger partial charge in [0.1, 0.15) is 22.4 Å². The number of aromatic nitrogens is 2. The first-order valence-electron chi connectivity index (χ1n) is 11.2. The predicted molar refractivity (Wildman–Crippen MR) is 144 cm³/mol. The Bertz CT molecular complexity index is 1260. The van der Waals surface area contributed by atoms with E-state index in [4.69, 9.17) is 22.1 Å². The van der Waals surface area contributed by atoms with Crippen molar-refractivity contribution in [2.45, 2.75) is 33.2 Å². The SMILES string of the molecule is C=CCOc1ccc(-c2nn(-c3ccccc3)cc2C=C2SC(=S)N(C(C)CC)C2=O)cc1C. The fourth-order valence-corrected chi connectivity index (χ4v) is 5.17. The minimum atomic E-state index is -0.0490. The van der Waals surface area contributed by atoms with Crippen LogP contribution in [0.5, 0.6) is 5.75 Å². The molecular formula is C27H27N3O2S2. The highest BCUT2D eigenvalue weighted by Gasteiger charge is 2.35. The molecule has 1 amide bonds. The van der Waals surface area contributed by atoms with Crippen LogP contribution in [0.1, 0.15) is 31.4 Å². The van der Waals surface area contributed by atoms with Crippen LogP contribution in [0.2, 0.25) is 0 Å². The largest absolute Gasteiger partial charge is 0.489 e. The topological polar surface area (TPSA) is 47.4 Å². The van der Waals surface area contributed by atoms with E-state index in [0.717, 1.165) is 40.2 Å². The molecule has 1 aromatic heterocycles. The molecular weight excluding hydrogens is 462 g/mol. The number of para-hydroxylation sites is 1. The normalized spacial score (nSPS) is 15.7. The maximum Gasteiger partial charge on any atom is 0.266 e. The van der Waals surface area contributed by atoms with Gasteiger partial charge in [0.2, 0.25) is 0 Å². The van der Waals surface area contributed by atoms with E-state index >= 15 is 0 Å². The monoisotopic (exact) mass is 489 g/mol. The second-order valence-electron chi connectivity index (χ2n) is 8.10. The molecule has 0 aliphatic carbocycles. The third kappa shape index (κ3) is 4.86. The zero-order chi connectivity index (χ0) is 24.2. The lowest BCUT2D eigenvalue weighted by molar-refractivity contribution is -0.123. The summed E-state index contributed by atoms with van der Waals surface area (Å²) in [6.07, 6.45) is 6.43. The summed E-state index contributed by atoms with van der Waals surface area (Å²) in [6.45, 7) is 10.2. The Balaban J connectivity index is 1.78. The molecule has 5 nitrogen and oxygen atoms in total. The molecule has 1 aliphatic rings. The minimum absolute atomic E-state index is 0.0490. The molecule has 1 aliphatic heterocycles. The van der Waals surface area contributed by atoms with Crippen molar-refractivity contribution < 1.29 is 9.53 Å². The molecule has 0 saturated carbocycles. The van der Waals surface area contributed by atoms with E-state index in [-0.39, 0.29) is 11.9 Å². The maximum absolute atomic E-state index is 13.1. The van der Waals surface area contributed by atoms with Gasteiger partial charge in [0.15, 0.2) is 0 Å². The molecule has 4 rings (SSSR count). The molecule has 0 bridgehead atoms. The number of hydrogen-bond acceptors (Lipinski definition) is 5. The number of thiocarbonyl (C=S) groups is 1. The Labute approximate surface area is 210 Å². The summed E-state index contributed by atoms with van der Waals surface area (Å²) in [4.78, 5) is 15.5. The van der Waals surface area contributed by atoms with Crippen molar-refractivity contribution in [1.29, 1.82) is 0 Å². The average molecular weight is 490 g/mol. The second-order valence-corrected chi connectivity index (χ2v) is 9.78. The number of rotatable bonds is 8. The molecule has 3 aromatic rings. The van der Waals surface area contributed by atoms with E-state index in [0.29, 0.717) is 15.8 Å². The molecule has 1 saturated heterocycles. The molecule has 0 spiro atoms. The Morgan fingerprint density at radius 3 is 2.68 bits per heavy atom. The van der Waals surface area contributed by atoms with Crippen molar-refractivity contribution in [2.24, 2.45) is 0 Å². The van der Waals surface area contributed by atoms with Crippen LogP contribution < -0.4 is 4.74 Å². The number of carbonyl (C=O) groups is 1. The van der Waals surface area contributed by atoms with E-state index in [1.165, 1.54) is 11.8 Å². The van der Waals surface area contributed by atoms with Gasteiger partial charge in [-0.05, 0) is 62.2 Å². The van der Waals surface area contributed by atoms with Gasteiger partial charge >= 0.3 is 0 Å². The molecule has 1 unspecified atom stereocenters. The van der Waals surface area contributed by atoms with Crippen LogP contribution >= 0.6 is 24.0 Å². The van der Waals surface area contributed by atoms with Crippen LogP contribution in [0.25, 0.3) is 23.0 Å². The molecule has 2 aromatic carbocycles. The van der Waals surface area contributed by atoms with E-state index in [1.807, 2.05) is 73.3 Å². The van der Waals surface area contributed by atoms with Crippen LogP contribution in [0.15, 0.2) is 72.3 Å². The number of nitrogens with zero attached hydrogens (tertiary/aromatic N) is 3.